The van der Waals surface area contributed by atoms with Crippen LogP contribution >= 0.6 is 0 Å². The molecule has 0 aromatic heterocycles. The first-order valence-corrected chi connectivity index (χ1v) is 10.6. The molecule has 0 fully saturated rings. The van der Waals surface area contributed by atoms with Gasteiger partial charge in [-0.05, 0) is 35.2 Å². The molecule has 0 aliphatic heterocycles. The molecule has 0 aliphatic carbocycles. The van der Waals surface area contributed by atoms with Gasteiger partial charge in [0.15, 0.2) is 0 Å². The zero-order valence-electron chi connectivity index (χ0n) is 18.5. The van der Waals surface area contributed by atoms with Gasteiger partial charge in [0.1, 0.15) is 5.75 Å². The third-order valence-corrected chi connectivity index (χ3v) is 5.58. The van der Waals surface area contributed by atoms with Crippen molar-refractivity contribution in [2.45, 2.75) is 32.5 Å². The van der Waals surface area contributed by atoms with E-state index < -0.39 is 0 Å². The van der Waals surface area contributed by atoms with E-state index in [-0.39, 0.29) is 17.9 Å². The highest BCUT2D eigenvalue weighted by Gasteiger charge is 2.26. The Kier molecular flexibility index (Phi) is 8.25. The predicted molar refractivity (Wildman–Crippen MR) is 124 cm³/mol. The lowest BCUT2D eigenvalue weighted by molar-refractivity contribution is -0.145. The Balaban J connectivity index is 1.97. The van der Waals surface area contributed by atoms with Gasteiger partial charge in [0, 0.05) is 19.1 Å². The molecule has 0 saturated heterocycles. The molecular formula is C27H31NO3. The molecule has 4 nitrogen and oxygen atoms in total. The number of benzene rings is 3. The van der Waals surface area contributed by atoms with Gasteiger partial charge in [-0.15, -0.1) is 0 Å². The highest BCUT2D eigenvalue weighted by Crippen LogP contribution is 2.32. The zero-order chi connectivity index (χ0) is 22.1. The summed E-state index contributed by atoms with van der Waals surface area (Å²) in [6.45, 7) is 3.49. The Hall–Kier alpha value is -3.11. The number of ether oxygens (including phenoxy) is 2. The first kappa shape index (κ1) is 22.6. The lowest BCUT2D eigenvalue weighted by atomic mass is 9.93. The summed E-state index contributed by atoms with van der Waals surface area (Å²) in [6, 6.07) is 29.1. The molecule has 3 rings (SSSR count). The van der Waals surface area contributed by atoms with Crippen LogP contribution in [0.2, 0.25) is 0 Å². The third-order valence-electron chi connectivity index (χ3n) is 5.58. The lowest BCUT2D eigenvalue weighted by Crippen LogP contribution is -2.31. The number of methoxy groups -OCH3 is 2. The van der Waals surface area contributed by atoms with Gasteiger partial charge in [0.2, 0.25) is 0 Å². The number of carbonyl (C=O) groups is 1. The van der Waals surface area contributed by atoms with Gasteiger partial charge in [-0.3, -0.25) is 9.69 Å². The van der Waals surface area contributed by atoms with Crippen LogP contribution in [0.25, 0.3) is 0 Å². The van der Waals surface area contributed by atoms with Gasteiger partial charge >= 0.3 is 5.97 Å². The summed E-state index contributed by atoms with van der Waals surface area (Å²) >= 11 is 0. The Bertz CT molecular complexity index is 884. The minimum atomic E-state index is -0.217. The van der Waals surface area contributed by atoms with Crippen LogP contribution in [0.1, 0.15) is 36.1 Å². The number of esters is 1. The molecular weight excluding hydrogens is 386 g/mol. The number of carbonyl (C=O) groups excluding carboxylic acids is 1. The first-order chi connectivity index (χ1) is 15.1. The Labute approximate surface area is 185 Å². The maximum Gasteiger partial charge on any atom is 0.308 e. The molecule has 0 N–H and O–H groups in total. The highest BCUT2D eigenvalue weighted by molar-refractivity contribution is 5.71. The van der Waals surface area contributed by atoms with E-state index in [4.69, 9.17) is 9.47 Å². The lowest BCUT2D eigenvalue weighted by Gasteiger charge is -2.34. The van der Waals surface area contributed by atoms with Crippen molar-refractivity contribution in [3.05, 3.63) is 102 Å². The van der Waals surface area contributed by atoms with Crippen molar-refractivity contribution in [2.75, 3.05) is 14.2 Å². The van der Waals surface area contributed by atoms with Crippen molar-refractivity contribution in [1.82, 2.24) is 4.90 Å². The number of hydrogen-bond donors (Lipinski definition) is 0. The number of rotatable bonds is 10. The van der Waals surface area contributed by atoms with E-state index in [1.807, 2.05) is 31.2 Å². The van der Waals surface area contributed by atoms with Crippen molar-refractivity contribution >= 4 is 5.97 Å². The largest absolute Gasteiger partial charge is 0.497 e. The van der Waals surface area contributed by atoms with E-state index in [1.165, 1.54) is 18.2 Å². The molecule has 3 aromatic rings. The minimum absolute atomic E-state index is 0.0421. The van der Waals surface area contributed by atoms with Gasteiger partial charge < -0.3 is 9.47 Å². The summed E-state index contributed by atoms with van der Waals surface area (Å²) in [7, 11) is 3.12. The van der Waals surface area contributed by atoms with Gasteiger partial charge in [0.25, 0.3) is 0 Å². The van der Waals surface area contributed by atoms with E-state index >= 15 is 0 Å². The summed E-state index contributed by atoms with van der Waals surface area (Å²) in [5, 5.41) is 0. The van der Waals surface area contributed by atoms with Crippen molar-refractivity contribution in [2.24, 2.45) is 5.92 Å². The molecule has 0 heterocycles. The Morgan fingerprint density at radius 3 is 1.77 bits per heavy atom. The summed E-state index contributed by atoms with van der Waals surface area (Å²) in [4.78, 5) is 14.7. The SMILES string of the molecule is COC(=O)[C@H](C)C[C@@H](c1ccc(OC)cc1)N(Cc1ccccc1)Cc1ccccc1. The maximum atomic E-state index is 12.3. The Morgan fingerprint density at radius 2 is 1.32 bits per heavy atom. The van der Waals surface area contributed by atoms with Crippen LogP contribution in [0.15, 0.2) is 84.9 Å². The first-order valence-electron chi connectivity index (χ1n) is 10.6. The average Bonchev–Trinajstić information content (AvgIpc) is 2.83. The molecule has 4 heteroatoms. The topological polar surface area (TPSA) is 38.8 Å². The fourth-order valence-electron chi connectivity index (χ4n) is 3.87. The molecule has 31 heavy (non-hydrogen) atoms. The van der Waals surface area contributed by atoms with Crippen molar-refractivity contribution < 1.29 is 14.3 Å². The van der Waals surface area contributed by atoms with E-state index in [0.29, 0.717) is 6.42 Å². The van der Waals surface area contributed by atoms with Gasteiger partial charge in [-0.25, -0.2) is 0 Å². The minimum Gasteiger partial charge on any atom is -0.497 e. The molecule has 0 bridgehead atoms. The second kappa shape index (κ2) is 11.3. The molecule has 2 atom stereocenters. The zero-order valence-corrected chi connectivity index (χ0v) is 18.5. The Morgan fingerprint density at radius 1 is 0.806 bits per heavy atom. The van der Waals surface area contributed by atoms with Gasteiger partial charge in [0.05, 0.1) is 20.1 Å². The second-order valence-electron chi connectivity index (χ2n) is 7.83. The summed E-state index contributed by atoms with van der Waals surface area (Å²) < 4.78 is 10.4. The van der Waals surface area contributed by atoms with Crippen LogP contribution in [0.3, 0.4) is 0 Å². The molecule has 0 aliphatic rings. The van der Waals surface area contributed by atoms with E-state index in [2.05, 4.69) is 65.6 Å². The van der Waals surface area contributed by atoms with Crippen molar-refractivity contribution in [3.8, 4) is 5.75 Å². The highest BCUT2D eigenvalue weighted by atomic mass is 16.5. The van der Waals surface area contributed by atoms with Crippen LogP contribution in [0.5, 0.6) is 5.75 Å². The monoisotopic (exact) mass is 417 g/mol. The summed E-state index contributed by atoms with van der Waals surface area (Å²) in [6.07, 6.45) is 0.665. The molecule has 162 valence electrons. The molecule has 0 radical (unpaired) electrons. The smallest absolute Gasteiger partial charge is 0.308 e. The van der Waals surface area contributed by atoms with E-state index in [0.717, 1.165) is 24.4 Å². The number of nitrogens with zero attached hydrogens (tertiary/aromatic N) is 1. The quantitative estimate of drug-likeness (QED) is 0.400. The van der Waals surface area contributed by atoms with Crippen LogP contribution in [0.4, 0.5) is 0 Å². The molecule has 0 unspecified atom stereocenters. The number of hydrogen-bond acceptors (Lipinski definition) is 4. The molecule has 0 amide bonds. The molecule has 3 aromatic carbocycles. The van der Waals surface area contributed by atoms with Crippen LogP contribution in [-0.2, 0) is 22.6 Å². The van der Waals surface area contributed by atoms with Crippen molar-refractivity contribution in [1.29, 1.82) is 0 Å². The fourth-order valence-corrected chi connectivity index (χ4v) is 3.87. The van der Waals surface area contributed by atoms with Gasteiger partial charge in [-0.1, -0.05) is 79.7 Å². The normalized spacial score (nSPS) is 12.9. The second-order valence-corrected chi connectivity index (χ2v) is 7.83. The van der Waals surface area contributed by atoms with Crippen LogP contribution in [0, 0.1) is 5.92 Å². The fraction of sp³-hybridized carbons (Fsp3) is 0.296. The average molecular weight is 418 g/mol. The predicted octanol–water partition coefficient (Wildman–Crippen LogP) is 5.64. The van der Waals surface area contributed by atoms with E-state index in [1.54, 1.807) is 7.11 Å². The van der Waals surface area contributed by atoms with Crippen LogP contribution < -0.4 is 4.74 Å². The molecule has 0 saturated carbocycles. The van der Waals surface area contributed by atoms with E-state index in [9.17, 15) is 4.79 Å². The summed E-state index contributed by atoms with van der Waals surface area (Å²) in [5.41, 5.74) is 3.63. The van der Waals surface area contributed by atoms with Crippen LogP contribution in [-0.4, -0.2) is 25.1 Å². The molecule has 0 spiro atoms. The standard InChI is InChI=1S/C27H31NO3/c1-21(27(29)31-3)18-26(24-14-16-25(30-2)17-15-24)28(19-22-10-6-4-7-11-22)20-23-12-8-5-9-13-23/h4-17,21,26H,18-20H2,1-3H3/t21-,26+/m1/s1. The van der Waals surface area contributed by atoms with Gasteiger partial charge in [-0.2, -0.15) is 0 Å². The van der Waals surface area contributed by atoms with Crippen molar-refractivity contribution in [3.63, 3.8) is 0 Å². The summed E-state index contributed by atoms with van der Waals surface area (Å²) in [5.74, 6) is 0.421. The maximum absolute atomic E-state index is 12.3. The third kappa shape index (κ3) is 6.43.